The van der Waals surface area contributed by atoms with E-state index in [1.165, 1.54) is 6.92 Å². The Hall–Kier alpha value is -4.14. The highest BCUT2D eigenvalue weighted by Crippen LogP contribution is 2.30. The molecule has 3 N–H and O–H groups in total. The van der Waals surface area contributed by atoms with Gasteiger partial charge in [-0.1, -0.05) is 24.3 Å². The van der Waals surface area contributed by atoms with Gasteiger partial charge in [0.15, 0.2) is 0 Å². The highest BCUT2D eigenvalue weighted by Gasteiger charge is 2.49. The molecule has 0 radical (unpaired) electrons. The first kappa shape index (κ1) is 20.1. The van der Waals surface area contributed by atoms with Gasteiger partial charge < -0.3 is 20.9 Å². The van der Waals surface area contributed by atoms with Crippen LogP contribution in [0.1, 0.15) is 6.92 Å². The number of fused-ring (bicyclic) bond motifs is 1. The Morgan fingerprint density at radius 3 is 2.32 bits per heavy atom. The lowest BCUT2D eigenvalue weighted by atomic mass is 9.99. The summed E-state index contributed by atoms with van der Waals surface area (Å²) in [7, 11) is 1.69. The number of anilines is 3. The molecule has 2 unspecified atom stereocenters. The molecule has 0 bridgehead atoms. The van der Waals surface area contributed by atoms with Crippen molar-refractivity contribution in [3.8, 4) is 0 Å². The number of rotatable bonds is 4. The fraction of sp³-hybridized carbons (Fsp3) is 0.182. The molecule has 2 aliphatic rings. The van der Waals surface area contributed by atoms with Crippen LogP contribution in [0.15, 0.2) is 66.4 Å². The van der Waals surface area contributed by atoms with Crippen LogP contribution in [0.2, 0.25) is 0 Å². The molecule has 4 rings (SSSR count). The number of nitrogens with one attached hydrogen (secondary N) is 3. The number of imide groups is 1. The van der Waals surface area contributed by atoms with E-state index in [0.29, 0.717) is 17.1 Å². The summed E-state index contributed by atoms with van der Waals surface area (Å²) in [5.41, 5.74) is 1.75. The molecule has 2 heterocycles. The molecule has 2 aromatic carbocycles. The molecule has 0 aromatic heterocycles. The standard InChI is InChI=1S/C22H21N5O4/c1-13(28)23-14-7-6-8-15(11-14)24-20(29)17-12-26(2)19-18(17)25-22(31)27(21(19)30)16-9-4-3-5-10-16/h3-12,18-19H,1-2H3,(H,23,28)(H,24,29)(H,25,31). The predicted octanol–water partition coefficient (Wildman–Crippen LogP) is 1.91. The molecule has 31 heavy (non-hydrogen) atoms. The summed E-state index contributed by atoms with van der Waals surface area (Å²) in [6, 6.07) is 13.2. The van der Waals surface area contributed by atoms with E-state index in [2.05, 4.69) is 16.0 Å². The van der Waals surface area contributed by atoms with Crippen LogP contribution in [0.25, 0.3) is 0 Å². The van der Waals surface area contributed by atoms with Crippen molar-refractivity contribution in [3.05, 3.63) is 66.4 Å². The maximum absolute atomic E-state index is 13.1. The van der Waals surface area contributed by atoms with Crippen LogP contribution in [0.4, 0.5) is 21.9 Å². The van der Waals surface area contributed by atoms with E-state index in [4.69, 9.17) is 0 Å². The second-order valence-corrected chi connectivity index (χ2v) is 7.35. The summed E-state index contributed by atoms with van der Waals surface area (Å²) in [6.45, 7) is 1.39. The average molecular weight is 419 g/mol. The van der Waals surface area contributed by atoms with Crippen LogP contribution in [-0.2, 0) is 14.4 Å². The first-order chi connectivity index (χ1) is 14.8. The van der Waals surface area contributed by atoms with E-state index in [9.17, 15) is 19.2 Å². The normalized spacial score (nSPS) is 20.0. The molecule has 2 atom stereocenters. The second kappa shape index (κ2) is 7.94. The Bertz CT molecular complexity index is 1100. The molecule has 2 aromatic rings. The minimum Gasteiger partial charge on any atom is -0.366 e. The SMILES string of the molecule is CC(=O)Nc1cccc(NC(=O)C2=CN(C)C3C(=O)N(c4ccccc4)C(=O)NC23)c1. The third-order valence-corrected chi connectivity index (χ3v) is 5.11. The number of likely N-dealkylation sites (N-methyl/N-ethyl adjacent to an activating group) is 1. The first-order valence-electron chi connectivity index (χ1n) is 9.67. The summed E-state index contributed by atoms with van der Waals surface area (Å²) in [4.78, 5) is 52.7. The van der Waals surface area contributed by atoms with Gasteiger partial charge in [-0.25, -0.2) is 9.69 Å². The molecule has 5 amide bonds. The maximum Gasteiger partial charge on any atom is 0.329 e. The number of benzene rings is 2. The Kier molecular flexibility index (Phi) is 5.16. The minimum absolute atomic E-state index is 0.224. The number of carbonyl (C=O) groups excluding carboxylic acids is 4. The molecular formula is C22H21N5O4. The summed E-state index contributed by atoms with van der Waals surface area (Å²) in [6.07, 6.45) is 1.56. The van der Waals surface area contributed by atoms with Crippen molar-refractivity contribution < 1.29 is 19.2 Å². The number of para-hydroxylation sites is 1. The quantitative estimate of drug-likeness (QED) is 0.701. The van der Waals surface area contributed by atoms with Crippen LogP contribution < -0.4 is 20.9 Å². The van der Waals surface area contributed by atoms with Gasteiger partial charge in [-0.2, -0.15) is 0 Å². The van der Waals surface area contributed by atoms with Gasteiger partial charge in [-0.05, 0) is 30.3 Å². The summed E-state index contributed by atoms with van der Waals surface area (Å²) < 4.78 is 0. The Labute approximate surface area is 178 Å². The van der Waals surface area contributed by atoms with Crippen molar-refractivity contribution in [2.45, 2.75) is 19.0 Å². The molecule has 0 aliphatic carbocycles. The van der Waals surface area contributed by atoms with Crippen molar-refractivity contribution in [2.75, 3.05) is 22.6 Å². The van der Waals surface area contributed by atoms with Gasteiger partial charge in [0.05, 0.1) is 17.3 Å². The van der Waals surface area contributed by atoms with Gasteiger partial charge in [0.2, 0.25) is 5.91 Å². The number of amides is 5. The summed E-state index contributed by atoms with van der Waals surface area (Å²) in [5, 5.41) is 8.19. The third-order valence-electron chi connectivity index (χ3n) is 5.11. The van der Waals surface area contributed by atoms with Crippen LogP contribution in [-0.4, -0.2) is 47.8 Å². The zero-order valence-corrected chi connectivity index (χ0v) is 17.0. The maximum atomic E-state index is 13.1. The summed E-state index contributed by atoms with van der Waals surface area (Å²) >= 11 is 0. The number of nitrogens with zero attached hydrogens (tertiary/aromatic N) is 2. The second-order valence-electron chi connectivity index (χ2n) is 7.35. The average Bonchev–Trinajstić information content (AvgIpc) is 3.05. The molecule has 9 nitrogen and oxygen atoms in total. The highest BCUT2D eigenvalue weighted by molar-refractivity contribution is 6.20. The Balaban J connectivity index is 1.54. The molecule has 9 heteroatoms. The largest absolute Gasteiger partial charge is 0.366 e. The van der Waals surface area contributed by atoms with E-state index in [0.717, 1.165) is 4.90 Å². The lowest BCUT2D eigenvalue weighted by Gasteiger charge is -2.37. The van der Waals surface area contributed by atoms with E-state index < -0.39 is 29.9 Å². The first-order valence-corrected chi connectivity index (χ1v) is 9.67. The minimum atomic E-state index is -0.775. The van der Waals surface area contributed by atoms with Crippen molar-refractivity contribution in [2.24, 2.45) is 0 Å². The number of carbonyl (C=O) groups is 4. The van der Waals surface area contributed by atoms with Crippen molar-refractivity contribution in [1.29, 1.82) is 0 Å². The van der Waals surface area contributed by atoms with E-state index in [1.54, 1.807) is 72.7 Å². The number of urea groups is 1. The van der Waals surface area contributed by atoms with Crippen LogP contribution in [0.5, 0.6) is 0 Å². The van der Waals surface area contributed by atoms with Crippen LogP contribution >= 0.6 is 0 Å². The van der Waals surface area contributed by atoms with Gasteiger partial charge in [0.25, 0.3) is 11.8 Å². The smallest absolute Gasteiger partial charge is 0.329 e. The van der Waals surface area contributed by atoms with Gasteiger partial charge >= 0.3 is 6.03 Å². The van der Waals surface area contributed by atoms with Gasteiger partial charge in [-0.15, -0.1) is 0 Å². The Morgan fingerprint density at radius 2 is 1.65 bits per heavy atom. The van der Waals surface area contributed by atoms with Crippen molar-refractivity contribution in [3.63, 3.8) is 0 Å². The predicted molar refractivity (Wildman–Crippen MR) is 115 cm³/mol. The zero-order valence-electron chi connectivity index (χ0n) is 17.0. The molecule has 0 spiro atoms. The molecule has 1 saturated heterocycles. The van der Waals surface area contributed by atoms with Crippen molar-refractivity contribution >= 4 is 40.8 Å². The van der Waals surface area contributed by atoms with E-state index in [-0.39, 0.29) is 11.5 Å². The summed E-state index contributed by atoms with van der Waals surface area (Å²) in [5.74, 6) is -1.08. The fourth-order valence-corrected chi connectivity index (χ4v) is 3.79. The third kappa shape index (κ3) is 3.85. The van der Waals surface area contributed by atoms with Crippen molar-refractivity contribution in [1.82, 2.24) is 10.2 Å². The lowest BCUT2D eigenvalue weighted by Crippen LogP contribution is -2.65. The van der Waals surface area contributed by atoms with Crippen LogP contribution in [0.3, 0.4) is 0 Å². The van der Waals surface area contributed by atoms with Gasteiger partial charge in [-0.3, -0.25) is 14.4 Å². The van der Waals surface area contributed by atoms with Crippen LogP contribution in [0, 0.1) is 0 Å². The molecule has 0 saturated carbocycles. The van der Waals surface area contributed by atoms with E-state index in [1.807, 2.05) is 0 Å². The molecule has 2 aliphatic heterocycles. The topological polar surface area (TPSA) is 111 Å². The fourth-order valence-electron chi connectivity index (χ4n) is 3.79. The molecular weight excluding hydrogens is 398 g/mol. The Morgan fingerprint density at radius 1 is 0.968 bits per heavy atom. The van der Waals surface area contributed by atoms with Gasteiger partial charge in [0.1, 0.15) is 6.04 Å². The zero-order chi connectivity index (χ0) is 22.1. The van der Waals surface area contributed by atoms with E-state index >= 15 is 0 Å². The monoisotopic (exact) mass is 419 g/mol. The van der Waals surface area contributed by atoms with Gasteiger partial charge in [0, 0.05) is 31.5 Å². The molecule has 1 fully saturated rings. The highest BCUT2D eigenvalue weighted by atomic mass is 16.2. The number of hydrogen-bond acceptors (Lipinski definition) is 5. The lowest BCUT2D eigenvalue weighted by molar-refractivity contribution is -0.122. The number of hydrogen-bond donors (Lipinski definition) is 3. The molecule has 158 valence electrons.